The molecule has 0 aromatic heterocycles. The van der Waals surface area contributed by atoms with E-state index in [9.17, 15) is 4.79 Å². The molecule has 0 N–H and O–H groups in total. The molecule has 1 heterocycles. The Morgan fingerprint density at radius 1 is 1.38 bits per heavy atom. The van der Waals surface area contributed by atoms with Crippen molar-refractivity contribution in [1.29, 1.82) is 0 Å². The third kappa shape index (κ3) is 4.71. The van der Waals surface area contributed by atoms with E-state index in [2.05, 4.69) is 27.8 Å². The van der Waals surface area contributed by atoms with Crippen LogP contribution in [-0.2, 0) is 9.53 Å². The Kier molecular flexibility index (Phi) is 6.06. The summed E-state index contributed by atoms with van der Waals surface area (Å²) >= 11 is 3.52. The van der Waals surface area contributed by atoms with E-state index in [4.69, 9.17) is 9.47 Å². The Morgan fingerprint density at radius 3 is 2.76 bits per heavy atom. The van der Waals surface area contributed by atoms with Crippen molar-refractivity contribution in [2.75, 3.05) is 26.2 Å². The zero-order valence-electron chi connectivity index (χ0n) is 12.6. The van der Waals surface area contributed by atoms with Crippen LogP contribution in [0.25, 0.3) is 0 Å². The first-order chi connectivity index (χ1) is 10.1. The van der Waals surface area contributed by atoms with Gasteiger partial charge in [-0.25, -0.2) is 0 Å². The molecule has 5 heteroatoms. The van der Waals surface area contributed by atoms with E-state index in [0.29, 0.717) is 13.2 Å². The molecular weight excluding hydrogens is 334 g/mol. The van der Waals surface area contributed by atoms with E-state index in [1.165, 1.54) is 0 Å². The predicted molar refractivity (Wildman–Crippen MR) is 85.6 cm³/mol. The molecule has 2 rings (SSSR count). The minimum absolute atomic E-state index is 0.139. The van der Waals surface area contributed by atoms with Gasteiger partial charge in [0, 0.05) is 23.1 Å². The molecule has 0 spiro atoms. The topological polar surface area (TPSA) is 38.8 Å². The average Bonchev–Trinajstić information content (AvgIpc) is 2.46. The number of halogens is 1. The molecule has 0 amide bonds. The average molecular weight is 356 g/mol. The molecule has 116 valence electrons. The molecule has 1 aromatic carbocycles. The van der Waals surface area contributed by atoms with Crippen LogP contribution in [0, 0.1) is 6.92 Å². The maximum atomic E-state index is 11.5. The number of nitrogens with zero attached hydrogens (tertiary/aromatic N) is 1. The molecule has 0 atom stereocenters. The van der Waals surface area contributed by atoms with E-state index < -0.39 is 0 Å². The Labute approximate surface area is 134 Å². The van der Waals surface area contributed by atoms with Crippen molar-refractivity contribution in [2.24, 2.45) is 0 Å². The largest absolute Gasteiger partial charge is 0.490 e. The van der Waals surface area contributed by atoms with Crippen LogP contribution in [0.2, 0.25) is 0 Å². The first-order valence-corrected chi connectivity index (χ1v) is 8.19. The van der Waals surface area contributed by atoms with Gasteiger partial charge in [0.1, 0.15) is 11.9 Å². The van der Waals surface area contributed by atoms with E-state index in [-0.39, 0.29) is 12.1 Å². The Morgan fingerprint density at radius 2 is 2.10 bits per heavy atom. The van der Waals surface area contributed by atoms with Crippen molar-refractivity contribution in [2.45, 2.75) is 32.8 Å². The minimum atomic E-state index is -0.139. The number of carbonyl (C=O) groups excluding carboxylic acids is 1. The van der Waals surface area contributed by atoms with Gasteiger partial charge in [-0.05, 0) is 38.8 Å². The van der Waals surface area contributed by atoms with Gasteiger partial charge in [-0.3, -0.25) is 9.69 Å². The van der Waals surface area contributed by atoms with Crippen molar-refractivity contribution in [3.8, 4) is 5.75 Å². The van der Waals surface area contributed by atoms with Gasteiger partial charge in [-0.2, -0.15) is 0 Å². The lowest BCUT2D eigenvalue weighted by Crippen LogP contribution is -2.41. The standard InChI is InChI=1S/C16H22BrNO3/c1-3-20-16(19)11-18-9-7-13(8-10-18)21-15-6-4-5-14(17)12(15)2/h4-6,13H,3,7-11H2,1-2H3. The number of hydrogen-bond donors (Lipinski definition) is 0. The van der Waals surface area contributed by atoms with Gasteiger partial charge < -0.3 is 9.47 Å². The van der Waals surface area contributed by atoms with Gasteiger partial charge in [0.15, 0.2) is 0 Å². The van der Waals surface area contributed by atoms with E-state index in [1.807, 2.05) is 25.1 Å². The van der Waals surface area contributed by atoms with Crippen LogP contribution in [0.15, 0.2) is 22.7 Å². The first-order valence-electron chi connectivity index (χ1n) is 7.40. The molecule has 0 bridgehead atoms. The van der Waals surface area contributed by atoms with Crippen LogP contribution in [0.4, 0.5) is 0 Å². The van der Waals surface area contributed by atoms with Gasteiger partial charge in [0.2, 0.25) is 0 Å². The number of rotatable bonds is 5. The lowest BCUT2D eigenvalue weighted by molar-refractivity contribution is -0.144. The van der Waals surface area contributed by atoms with Crippen LogP contribution in [0.5, 0.6) is 5.75 Å². The third-order valence-corrected chi connectivity index (χ3v) is 4.56. The monoisotopic (exact) mass is 355 g/mol. The maximum Gasteiger partial charge on any atom is 0.320 e. The second-order valence-electron chi connectivity index (χ2n) is 5.26. The van der Waals surface area contributed by atoms with Crippen molar-refractivity contribution in [3.63, 3.8) is 0 Å². The van der Waals surface area contributed by atoms with Gasteiger partial charge in [0.25, 0.3) is 0 Å². The van der Waals surface area contributed by atoms with Crippen molar-refractivity contribution < 1.29 is 14.3 Å². The fraction of sp³-hybridized carbons (Fsp3) is 0.562. The lowest BCUT2D eigenvalue weighted by atomic mass is 10.1. The zero-order chi connectivity index (χ0) is 15.2. The highest BCUT2D eigenvalue weighted by Crippen LogP contribution is 2.28. The fourth-order valence-electron chi connectivity index (χ4n) is 2.47. The molecule has 0 saturated carbocycles. The smallest absolute Gasteiger partial charge is 0.320 e. The SMILES string of the molecule is CCOC(=O)CN1CCC(Oc2cccc(Br)c2C)CC1. The molecule has 21 heavy (non-hydrogen) atoms. The molecule has 1 fully saturated rings. The quantitative estimate of drug-likeness (QED) is 0.760. The number of ether oxygens (including phenoxy) is 2. The zero-order valence-corrected chi connectivity index (χ0v) is 14.2. The summed E-state index contributed by atoms with van der Waals surface area (Å²) in [6.45, 7) is 6.46. The molecular formula is C16H22BrNO3. The molecule has 0 aliphatic carbocycles. The fourth-order valence-corrected chi connectivity index (χ4v) is 2.82. The molecule has 1 saturated heterocycles. The Balaban J connectivity index is 1.81. The van der Waals surface area contributed by atoms with E-state index in [1.54, 1.807) is 0 Å². The highest BCUT2D eigenvalue weighted by Gasteiger charge is 2.22. The van der Waals surface area contributed by atoms with Crippen LogP contribution in [0.3, 0.4) is 0 Å². The number of likely N-dealkylation sites (tertiary alicyclic amines) is 1. The lowest BCUT2D eigenvalue weighted by Gasteiger charge is -2.31. The molecule has 1 aliphatic rings. The van der Waals surface area contributed by atoms with Crippen LogP contribution in [-0.4, -0.2) is 43.2 Å². The second kappa shape index (κ2) is 7.80. The van der Waals surface area contributed by atoms with Gasteiger partial charge >= 0.3 is 5.97 Å². The Bertz CT molecular complexity index is 484. The second-order valence-corrected chi connectivity index (χ2v) is 6.12. The summed E-state index contributed by atoms with van der Waals surface area (Å²) in [5.41, 5.74) is 1.13. The number of hydrogen-bond acceptors (Lipinski definition) is 4. The van der Waals surface area contributed by atoms with E-state index in [0.717, 1.165) is 41.7 Å². The predicted octanol–water partition coefficient (Wildman–Crippen LogP) is 3.16. The Hall–Kier alpha value is -1.07. The highest BCUT2D eigenvalue weighted by molar-refractivity contribution is 9.10. The molecule has 0 radical (unpaired) electrons. The van der Waals surface area contributed by atoms with Crippen molar-refractivity contribution >= 4 is 21.9 Å². The number of esters is 1. The summed E-state index contributed by atoms with van der Waals surface area (Å²) in [6.07, 6.45) is 2.09. The first kappa shape index (κ1) is 16.3. The summed E-state index contributed by atoms with van der Waals surface area (Å²) in [7, 11) is 0. The van der Waals surface area contributed by atoms with Gasteiger partial charge in [-0.15, -0.1) is 0 Å². The summed E-state index contributed by atoms with van der Waals surface area (Å²) in [6, 6.07) is 6.01. The van der Waals surface area contributed by atoms with Crippen LogP contribution >= 0.6 is 15.9 Å². The van der Waals surface area contributed by atoms with E-state index >= 15 is 0 Å². The minimum Gasteiger partial charge on any atom is -0.490 e. The summed E-state index contributed by atoms with van der Waals surface area (Å²) in [4.78, 5) is 13.6. The van der Waals surface area contributed by atoms with Crippen LogP contribution in [0.1, 0.15) is 25.3 Å². The van der Waals surface area contributed by atoms with Crippen molar-refractivity contribution in [3.05, 3.63) is 28.2 Å². The van der Waals surface area contributed by atoms with Crippen LogP contribution < -0.4 is 4.74 Å². The number of benzene rings is 1. The molecule has 1 aliphatic heterocycles. The van der Waals surface area contributed by atoms with Gasteiger partial charge in [0.05, 0.1) is 13.2 Å². The van der Waals surface area contributed by atoms with Crippen molar-refractivity contribution in [1.82, 2.24) is 4.90 Å². The number of carbonyl (C=O) groups is 1. The number of piperidine rings is 1. The molecule has 0 unspecified atom stereocenters. The summed E-state index contributed by atoms with van der Waals surface area (Å²) < 4.78 is 12.1. The summed E-state index contributed by atoms with van der Waals surface area (Å²) in [5.74, 6) is 0.799. The highest BCUT2D eigenvalue weighted by atomic mass is 79.9. The molecule has 1 aromatic rings. The molecule has 4 nitrogen and oxygen atoms in total. The summed E-state index contributed by atoms with van der Waals surface area (Å²) in [5, 5.41) is 0. The third-order valence-electron chi connectivity index (χ3n) is 3.70. The normalized spacial score (nSPS) is 16.7. The van der Waals surface area contributed by atoms with Gasteiger partial charge in [-0.1, -0.05) is 22.0 Å². The maximum absolute atomic E-state index is 11.5.